The minimum absolute atomic E-state index is 0.0609. The first-order valence-electron chi connectivity index (χ1n) is 6.57. The van der Waals surface area contributed by atoms with Gasteiger partial charge in [-0.1, -0.05) is 37.3 Å². The molecule has 1 aliphatic rings. The number of benzene rings is 1. The molecule has 1 heterocycles. The number of carbonyl (C=O) groups excluding carboxylic acids is 1. The van der Waals surface area contributed by atoms with Crippen LogP contribution in [0.1, 0.15) is 12.5 Å². The Morgan fingerprint density at radius 1 is 1.42 bits per heavy atom. The summed E-state index contributed by atoms with van der Waals surface area (Å²) in [5, 5.41) is 13.0. The van der Waals surface area contributed by atoms with E-state index in [4.69, 9.17) is 4.74 Å². The maximum Gasteiger partial charge on any atom is 0.410 e. The van der Waals surface area contributed by atoms with Crippen LogP contribution in [0, 0.1) is 0 Å². The fourth-order valence-electron chi connectivity index (χ4n) is 2.21. The van der Waals surface area contributed by atoms with Crippen molar-refractivity contribution in [3.8, 4) is 0 Å². The molecule has 1 amide bonds. The summed E-state index contributed by atoms with van der Waals surface area (Å²) in [5.41, 5.74) is 0.957. The van der Waals surface area contributed by atoms with Crippen molar-refractivity contribution in [1.82, 2.24) is 10.2 Å². The van der Waals surface area contributed by atoms with Crippen LogP contribution in [0.5, 0.6) is 0 Å². The number of aliphatic hydroxyl groups is 1. The summed E-state index contributed by atoms with van der Waals surface area (Å²) in [7, 11) is 0. The maximum atomic E-state index is 11.9. The molecule has 1 fully saturated rings. The number of likely N-dealkylation sites (tertiary alicyclic amines) is 1. The molecule has 0 saturated carbocycles. The molecule has 2 atom stereocenters. The molecular weight excluding hydrogens is 244 g/mol. The van der Waals surface area contributed by atoms with E-state index >= 15 is 0 Å². The fraction of sp³-hybridized carbons (Fsp3) is 0.500. The number of nitrogens with one attached hydrogen (secondary N) is 1. The highest BCUT2D eigenvalue weighted by Gasteiger charge is 2.34. The van der Waals surface area contributed by atoms with Gasteiger partial charge in [-0.3, -0.25) is 0 Å². The molecule has 104 valence electrons. The number of nitrogens with zero attached hydrogens (tertiary/aromatic N) is 1. The van der Waals surface area contributed by atoms with Crippen molar-refractivity contribution in [3.05, 3.63) is 35.9 Å². The average Bonchev–Trinajstić information content (AvgIpc) is 2.79. The monoisotopic (exact) mass is 264 g/mol. The van der Waals surface area contributed by atoms with Gasteiger partial charge in [0, 0.05) is 6.54 Å². The van der Waals surface area contributed by atoms with Crippen LogP contribution in [0.15, 0.2) is 30.3 Å². The Hall–Kier alpha value is -1.59. The first kappa shape index (κ1) is 13.8. The highest BCUT2D eigenvalue weighted by atomic mass is 16.6. The van der Waals surface area contributed by atoms with Gasteiger partial charge in [0.1, 0.15) is 6.61 Å². The molecule has 5 heteroatoms. The molecule has 0 radical (unpaired) electrons. The molecule has 2 N–H and O–H groups in total. The topological polar surface area (TPSA) is 61.8 Å². The van der Waals surface area contributed by atoms with Crippen LogP contribution in [-0.4, -0.2) is 47.9 Å². The van der Waals surface area contributed by atoms with Gasteiger partial charge in [0.15, 0.2) is 0 Å². The van der Waals surface area contributed by atoms with E-state index in [1.165, 1.54) is 0 Å². The van der Waals surface area contributed by atoms with Crippen LogP contribution in [0.2, 0.25) is 0 Å². The summed E-state index contributed by atoms with van der Waals surface area (Å²) >= 11 is 0. The minimum atomic E-state index is -0.524. The molecule has 1 aliphatic heterocycles. The Bertz CT molecular complexity index is 410. The van der Waals surface area contributed by atoms with Crippen molar-refractivity contribution in [2.75, 3.05) is 19.6 Å². The van der Waals surface area contributed by atoms with Crippen molar-refractivity contribution < 1.29 is 14.6 Å². The van der Waals surface area contributed by atoms with E-state index in [1.807, 2.05) is 37.3 Å². The number of carbonyl (C=O) groups is 1. The SMILES string of the molecule is CCN[C@@H]1CN(C(=O)OCc2ccccc2)C[C@H]1O. The first-order chi connectivity index (χ1) is 9.20. The van der Waals surface area contributed by atoms with Gasteiger partial charge in [-0.05, 0) is 12.1 Å². The van der Waals surface area contributed by atoms with E-state index in [-0.39, 0.29) is 18.7 Å². The Morgan fingerprint density at radius 3 is 2.84 bits per heavy atom. The highest BCUT2D eigenvalue weighted by molar-refractivity contribution is 5.68. The number of rotatable bonds is 4. The lowest BCUT2D eigenvalue weighted by atomic mass is 10.2. The zero-order valence-electron chi connectivity index (χ0n) is 11.1. The molecule has 0 aliphatic carbocycles. The molecule has 0 spiro atoms. The normalized spacial score (nSPS) is 22.5. The fourth-order valence-corrected chi connectivity index (χ4v) is 2.21. The molecule has 0 bridgehead atoms. The number of ether oxygens (including phenoxy) is 1. The molecule has 5 nitrogen and oxygen atoms in total. The number of aliphatic hydroxyl groups excluding tert-OH is 1. The summed E-state index contributed by atoms with van der Waals surface area (Å²) in [6.07, 6.45) is -0.896. The molecule has 1 aromatic carbocycles. The number of hydrogen-bond acceptors (Lipinski definition) is 4. The van der Waals surface area contributed by atoms with Crippen molar-refractivity contribution in [1.29, 1.82) is 0 Å². The average molecular weight is 264 g/mol. The Labute approximate surface area is 113 Å². The lowest BCUT2D eigenvalue weighted by Crippen LogP contribution is -2.39. The largest absolute Gasteiger partial charge is 0.445 e. The molecule has 2 rings (SSSR count). The molecular formula is C14H20N2O3. The molecule has 0 unspecified atom stereocenters. The van der Waals surface area contributed by atoms with Crippen LogP contribution in [-0.2, 0) is 11.3 Å². The van der Waals surface area contributed by atoms with Gasteiger partial charge in [0.2, 0.25) is 0 Å². The van der Waals surface area contributed by atoms with Crippen LogP contribution in [0.3, 0.4) is 0 Å². The summed E-state index contributed by atoms with van der Waals surface area (Å²) in [6.45, 7) is 3.82. The molecule has 1 saturated heterocycles. The third-order valence-corrected chi connectivity index (χ3v) is 3.22. The maximum absolute atomic E-state index is 11.9. The Kier molecular flexibility index (Phi) is 4.76. The number of amides is 1. The first-order valence-corrected chi connectivity index (χ1v) is 6.57. The quantitative estimate of drug-likeness (QED) is 0.851. The third-order valence-electron chi connectivity index (χ3n) is 3.22. The van der Waals surface area contributed by atoms with Gasteiger partial charge in [-0.15, -0.1) is 0 Å². The second-order valence-corrected chi connectivity index (χ2v) is 4.68. The predicted molar refractivity (Wildman–Crippen MR) is 71.7 cm³/mol. The van der Waals surface area contributed by atoms with E-state index in [9.17, 15) is 9.90 Å². The van der Waals surface area contributed by atoms with Gasteiger partial charge >= 0.3 is 6.09 Å². The lowest BCUT2D eigenvalue weighted by Gasteiger charge is -2.16. The van der Waals surface area contributed by atoms with Crippen LogP contribution >= 0.6 is 0 Å². The molecule has 1 aromatic rings. The van der Waals surface area contributed by atoms with E-state index in [2.05, 4.69) is 5.32 Å². The van der Waals surface area contributed by atoms with E-state index in [1.54, 1.807) is 4.90 Å². The second-order valence-electron chi connectivity index (χ2n) is 4.68. The second kappa shape index (κ2) is 6.54. The number of likely N-dealkylation sites (N-methyl/N-ethyl adjacent to an activating group) is 1. The van der Waals surface area contributed by atoms with E-state index < -0.39 is 6.10 Å². The highest BCUT2D eigenvalue weighted by Crippen LogP contribution is 2.12. The third kappa shape index (κ3) is 3.68. The van der Waals surface area contributed by atoms with Crippen molar-refractivity contribution in [2.24, 2.45) is 0 Å². The van der Waals surface area contributed by atoms with Crippen LogP contribution < -0.4 is 5.32 Å². The summed E-state index contributed by atoms with van der Waals surface area (Å²) in [4.78, 5) is 13.4. The minimum Gasteiger partial charge on any atom is -0.445 e. The van der Waals surface area contributed by atoms with Crippen LogP contribution in [0.4, 0.5) is 4.79 Å². The van der Waals surface area contributed by atoms with Gasteiger partial charge in [0.25, 0.3) is 0 Å². The van der Waals surface area contributed by atoms with Gasteiger partial charge < -0.3 is 20.1 Å². The molecule has 0 aromatic heterocycles. The van der Waals surface area contributed by atoms with Gasteiger partial charge in [-0.2, -0.15) is 0 Å². The number of β-amino-alcohol motifs (C(OH)–C–C–N with tert-alkyl or cyclic N) is 1. The van der Waals surface area contributed by atoms with Crippen molar-refractivity contribution >= 4 is 6.09 Å². The van der Waals surface area contributed by atoms with Gasteiger partial charge in [0.05, 0.1) is 18.7 Å². The summed E-state index contributed by atoms with van der Waals surface area (Å²) < 4.78 is 5.23. The zero-order valence-corrected chi connectivity index (χ0v) is 11.1. The Morgan fingerprint density at radius 2 is 2.16 bits per heavy atom. The van der Waals surface area contributed by atoms with Crippen molar-refractivity contribution in [3.63, 3.8) is 0 Å². The standard InChI is InChI=1S/C14H20N2O3/c1-2-15-12-8-16(9-13(12)17)14(18)19-10-11-6-4-3-5-7-11/h3-7,12-13,15,17H,2,8-10H2,1H3/t12-,13-/m1/s1. The predicted octanol–water partition coefficient (Wildman–Crippen LogP) is 0.978. The lowest BCUT2D eigenvalue weighted by molar-refractivity contribution is 0.0969. The Balaban J connectivity index is 1.81. The zero-order chi connectivity index (χ0) is 13.7. The van der Waals surface area contributed by atoms with Crippen molar-refractivity contribution in [2.45, 2.75) is 25.7 Å². The smallest absolute Gasteiger partial charge is 0.410 e. The summed E-state index contributed by atoms with van der Waals surface area (Å²) in [6, 6.07) is 9.49. The number of hydrogen-bond donors (Lipinski definition) is 2. The van der Waals surface area contributed by atoms with E-state index in [0.717, 1.165) is 12.1 Å². The van der Waals surface area contributed by atoms with E-state index in [0.29, 0.717) is 13.1 Å². The van der Waals surface area contributed by atoms with Gasteiger partial charge in [-0.25, -0.2) is 4.79 Å². The molecule has 19 heavy (non-hydrogen) atoms. The summed E-state index contributed by atoms with van der Waals surface area (Å²) in [5.74, 6) is 0. The van der Waals surface area contributed by atoms with Crippen LogP contribution in [0.25, 0.3) is 0 Å².